The number of pyridine rings is 1. The molecule has 0 bridgehead atoms. The number of primary amides is 1. The second-order valence-corrected chi connectivity index (χ2v) is 9.23. The number of methoxy groups -OCH3 is 1. The van der Waals surface area contributed by atoms with Gasteiger partial charge in [0, 0.05) is 17.8 Å². The van der Waals surface area contributed by atoms with Gasteiger partial charge in [0.05, 0.1) is 19.4 Å². The number of ether oxygens (including phenoxy) is 3. The van der Waals surface area contributed by atoms with E-state index in [1.807, 2.05) is 12.1 Å². The second kappa shape index (κ2) is 16.4. The number of hydrogen-bond acceptors (Lipinski definition) is 6. The lowest BCUT2D eigenvalue weighted by molar-refractivity contribution is -0.131. The van der Waals surface area contributed by atoms with E-state index < -0.39 is 12.0 Å². The lowest BCUT2D eigenvalue weighted by atomic mass is 10.0. The molecule has 0 radical (unpaired) electrons. The van der Waals surface area contributed by atoms with E-state index in [1.54, 1.807) is 43.5 Å². The number of benzene rings is 2. The number of carbonyl (C=O) groups is 2. The highest BCUT2D eigenvalue weighted by Gasteiger charge is 2.08. The number of rotatable bonds is 17. The van der Waals surface area contributed by atoms with Crippen LogP contribution in [-0.4, -0.2) is 35.8 Å². The van der Waals surface area contributed by atoms with Gasteiger partial charge in [-0.25, -0.2) is 14.6 Å². The van der Waals surface area contributed by atoms with Crippen molar-refractivity contribution in [3.8, 4) is 17.2 Å². The number of urea groups is 1. The summed E-state index contributed by atoms with van der Waals surface area (Å²) < 4.78 is 16.9. The molecule has 9 nitrogen and oxygen atoms in total. The number of anilines is 1. The van der Waals surface area contributed by atoms with Gasteiger partial charge in [-0.05, 0) is 67.3 Å². The lowest BCUT2D eigenvalue weighted by Crippen LogP contribution is -2.19. The minimum absolute atomic E-state index is 0.146. The van der Waals surface area contributed by atoms with Crippen molar-refractivity contribution in [2.24, 2.45) is 5.73 Å². The molecule has 0 saturated heterocycles. The standard InChI is InChI=1S/C31H37N3O6/c1-38-26-15-12-23(13-16-26)9-6-4-2-3-5-7-20-39-29-18-14-25(33-28(29)17-19-30(35)36)22-40-27-11-8-10-24(21-27)34-31(32)37/h8,10-19,21H,2-7,9,20,22H2,1H3,(H,35,36)(H3,32,34,37). The van der Waals surface area contributed by atoms with Crippen LogP contribution in [0.25, 0.3) is 6.08 Å². The Morgan fingerprint density at radius 1 is 0.925 bits per heavy atom. The van der Waals surface area contributed by atoms with Crippen molar-refractivity contribution in [3.63, 3.8) is 0 Å². The van der Waals surface area contributed by atoms with Gasteiger partial charge in [-0.3, -0.25) is 0 Å². The third-order valence-corrected chi connectivity index (χ3v) is 6.09. The molecule has 0 spiro atoms. The van der Waals surface area contributed by atoms with E-state index in [2.05, 4.69) is 22.4 Å². The largest absolute Gasteiger partial charge is 0.497 e. The van der Waals surface area contributed by atoms with E-state index in [-0.39, 0.29) is 6.61 Å². The van der Waals surface area contributed by atoms with Gasteiger partial charge in [0.1, 0.15) is 29.5 Å². The number of amides is 2. The summed E-state index contributed by atoms with van der Waals surface area (Å²) in [4.78, 5) is 26.7. The quantitative estimate of drug-likeness (QED) is 0.135. The fourth-order valence-corrected chi connectivity index (χ4v) is 4.05. The molecule has 2 amide bonds. The van der Waals surface area contributed by atoms with Crippen molar-refractivity contribution in [2.45, 2.75) is 51.6 Å². The zero-order valence-electron chi connectivity index (χ0n) is 22.8. The first-order valence-electron chi connectivity index (χ1n) is 13.4. The molecule has 0 aliphatic rings. The zero-order chi connectivity index (χ0) is 28.6. The predicted molar refractivity (Wildman–Crippen MR) is 155 cm³/mol. The molecule has 1 heterocycles. The number of nitrogens with zero attached hydrogens (tertiary/aromatic N) is 1. The molecule has 3 aromatic rings. The molecule has 0 aliphatic carbocycles. The number of unbranched alkanes of at least 4 members (excludes halogenated alkanes) is 5. The summed E-state index contributed by atoms with van der Waals surface area (Å²) in [6.45, 7) is 0.670. The predicted octanol–water partition coefficient (Wildman–Crippen LogP) is 6.22. The van der Waals surface area contributed by atoms with Crippen LogP contribution in [0.15, 0.2) is 66.7 Å². The maximum absolute atomic E-state index is 11.1. The van der Waals surface area contributed by atoms with Gasteiger partial charge in [0.2, 0.25) is 0 Å². The molecule has 0 fully saturated rings. The van der Waals surface area contributed by atoms with Crippen LogP contribution in [0.4, 0.5) is 10.5 Å². The van der Waals surface area contributed by atoms with Crippen molar-refractivity contribution in [3.05, 3.63) is 83.7 Å². The van der Waals surface area contributed by atoms with Gasteiger partial charge in [-0.15, -0.1) is 0 Å². The number of aliphatic carboxylic acids is 1. The number of hydrogen-bond donors (Lipinski definition) is 3. The Bertz CT molecular complexity index is 1260. The normalized spacial score (nSPS) is 10.8. The first-order valence-corrected chi connectivity index (χ1v) is 13.4. The van der Waals surface area contributed by atoms with Crippen molar-refractivity contribution in [2.75, 3.05) is 19.0 Å². The first kappa shape index (κ1) is 30.0. The molecule has 0 atom stereocenters. The second-order valence-electron chi connectivity index (χ2n) is 9.23. The van der Waals surface area contributed by atoms with Crippen molar-refractivity contribution in [1.29, 1.82) is 0 Å². The molecule has 0 aliphatic heterocycles. The number of nitrogens with one attached hydrogen (secondary N) is 1. The van der Waals surface area contributed by atoms with Crippen molar-refractivity contribution >= 4 is 23.8 Å². The van der Waals surface area contributed by atoms with Gasteiger partial charge in [-0.1, -0.05) is 43.9 Å². The highest BCUT2D eigenvalue weighted by atomic mass is 16.5. The Morgan fingerprint density at radius 2 is 1.68 bits per heavy atom. The Morgan fingerprint density at radius 3 is 2.40 bits per heavy atom. The monoisotopic (exact) mass is 547 g/mol. The van der Waals surface area contributed by atoms with Crippen LogP contribution in [0.2, 0.25) is 0 Å². The maximum atomic E-state index is 11.1. The molecular formula is C31H37N3O6. The van der Waals surface area contributed by atoms with Crippen molar-refractivity contribution in [1.82, 2.24) is 4.98 Å². The van der Waals surface area contributed by atoms with Crippen LogP contribution in [0.3, 0.4) is 0 Å². The van der Waals surface area contributed by atoms with Gasteiger partial charge in [-0.2, -0.15) is 0 Å². The van der Waals surface area contributed by atoms with Crippen LogP contribution in [0, 0.1) is 0 Å². The highest BCUT2D eigenvalue weighted by molar-refractivity contribution is 5.88. The van der Waals surface area contributed by atoms with Crippen molar-refractivity contribution < 1.29 is 28.9 Å². The number of aromatic nitrogens is 1. The molecule has 4 N–H and O–H groups in total. The van der Waals surface area contributed by atoms with Crippen LogP contribution >= 0.6 is 0 Å². The molecule has 9 heteroatoms. The summed E-state index contributed by atoms with van der Waals surface area (Å²) in [6, 6.07) is 18.0. The summed E-state index contributed by atoms with van der Waals surface area (Å²) in [7, 11) is 1.68. The Labute approximate surface area is 235 Å². The van der Waals surface area contributed by atoms with E-state index in [0.717, 1.165) is 37.5 Å². The zero-order valence-corrected chi connectivity index (χ0v) is 22.8. The number of carboxylic acid groups (broad SMARTS) is 1. The fourth-order valence-electron chi connectivity index (χ4n) is 4.05. The highest BCUT2D eigenvalue weighted by Crippen LogP contribution is 2.22. The molecule has 3 rings (SSSR count). The fraction of sp³-hybridized carbons (Fsp3) is 0.323. The van der Waals surface area contributed by atoms with Gasteiger partial charge in [0.25, 0.3) is 0 Å². The van der Waals surface area contributed by atoms with Crippen LogP contribution in [0.1, 0.15) is 55.5 Å². The molecule has 2 aromatic carbocycles. The molecule has 0 saturated carbocycles. The van der Waals surface area contributed by atoms with E-state index >= 15 is 0 Å². The SMILES string of the molecule is COc1ccc(CCCCCCCCOc2ccc(COc3cccc(NC(N)=O)c3)nc2C=CC(=O)O)cc1. The molecule has 1 aromatic heterocycles. The van der Waals surface area contributed by atoms with Crippen LogP contribution < -0.4 is 25.3 Å². The number of aryl methyl sites for hydroxylation is 1. The molecule has 40 heavy (non-hydrogen) atoms. The maximum Gasteiger partial charge on any atom is 0.328 e. The van der Waals surface area contributed by atoms with Crippen LogP contribution in [0.5, 0.6) is 17.2 Å². The minimum Gasteiger partial charge on any atom is -0.497 e. The number of carboxylic acids is 1. The topological polar surface area (TPSA) is 133 Å². The molecule has 212 valence electrons. The average molecular weight is 548 g/mol. The number of nitrogens with two attached hydrogens (primary N) is 1. The summed E-state index contributed by atoms with van der Waals surface area (Å²) in [6.07, 6.45) is 10.2. The minimum atomic E-state index is -1.07. The van der Waals surface area contributed by atoms with Gasteiger partial charge >= 0.3 is 12.0 Å². The Kier molecular flexibility index (Phi) is 12.3. The first-order chi connectivity index (χ1) is 19.4. The summed E-state index contributed by atoms with van der Waals surface area (Å²) >= 11 is 0. The Hall–Kier alpha value is -4.53. The summed E-state index contributed by atoms with van der Waals surface area (Å²) in [5.74, 6) is 0.862. The van der Waals surface area contributed by atoms with Gasteiger partial charge in [0.15, 0.2) is 0 Å². The number of carbonyl (C=O) groups excluding carboxylic acids is 1. The summed E-state index contributed by atoms with van der Waals surface area (Å²) in [5.41, 5.74) is 8.02. The Balaban J connectivity index is 1.41. The summed E-state index contributed by atoms with van der Waals surface area (Å²) in [5, 5.41) is 11.6. The van der Waals surface area contributed by atoms with E-state index in [0.29, 0.717) is 35.2 Å². The van der Waals surface area contributed by atoms with E-state index in [9.17, 15) is 9.59 Å². The third kappa shape index (κ3) is 11.1. The molecule has 0 unspecified atom stereocenters. The average Bonchev–Trinajstić information content (AvgIpc) is 2.94. The smallest absolute Gasteiger partial charge is 0.328 e. The van der Waals surface area contributed by atoms with E-state index in [1.165, 1.54) is 30.9 Å². The van der Waals surface area contributed by atoms with Crippen LogP contribution in [-0.2, 0) is 17.8 Å². The third-order valence-electron chi connectivity index (χ3n) is 6.09. The molecular weight excluding hydrogens is 510 g/mol. The lowest BCUT2D eigenvalue weighted by Gasteiger charge is -2.12. The van der Waals surface area contributed by atoms with Gasteiger partial charge < -0.3 is 30.4 Å². The van der Waals surface area contributed by atoms with E-state index in [4.69, 9.17) is 25.1 Å².